The molecule has 0 radical (unpaired) electrons. The molecule has 3 unspecified atom stereocenters. The van der Waals surface area contributed by atoms with E-state index in [0.717, 1.165) is 57.8 Å². The number of unbranched alkanes of at least 4 members (excludes halogenated alkanes) is 45. The summed E-state index contributed by atoms with van der Waals surface area (Å²) in [6.07, 6.45) is 63.0. The van der Waals surface area contributed by atoms with Crippen LogP contribution in [0.5, 0.6) is 0 Å². The zero-order chi connectivity index (χ0) is 56.9. The fourth-order valence-electron chi connectivity index (χ4n) is 10.1. The Balaban J connectivity index is 4.63. The van der Waals surface area contributed by atoms with Crippen LogP contribution in [0.2, 0.25) is 0 Å². The molecule has 0 saturated heterocycles. The van der Waals surface area contributed by atoms with E-state index in [1.807, 2.05) is 0 Å². The van der Waals surface area contributed by atoms with Crippen molar-refractivity contribution in [3.63, 3.8) is 0 Å². The molecule has 0 amide bonds. The lowest BCUT2D eigenvalue weighted by Gasteiger charge is -2.21. The van der Waals surface area contributed by atoms with Gasteiger partial charge in [0.25, 0.3) is 0 Å². The first kappa shape index (κ1) is 76.2. The fraction of sp³-hybridized carbons (Fsp3) is 0.924. The van der Waals surface area contributed by atoms with E-state index in [4.69, 9.17) is 23.3 Å². The number of phosphoric acid groups is 1. The molecule has 0 aliphatic rings. The number of hydrogen-bond donors (Lipinski definition) is 2. The normalized spacial score (nSPS) is 13.2. The Kier molecular flexibility index (Phi) is 59.9. The molecule has 0 heterocycles. The van der Waals surface area contributed by atoms with Crippen molar-refractivity contribution in [1.29, 1.82) is 0 Å². The molecule has 0 rings (SSSR count). The molecule has 0 bridgehead atoms. The summed E-state index contributed by atoms with van der Waals surface area (Å²) < 4.78 is 39.8. The zero-order valence-electron chi connectivity index (χ0n) is 51.4. The van der Waals surface area contributed by atoms with E-state index < -0.39 is 57.8 Å². The molecule has 0 aromatic rings. The Bertz CT molecular complexity index is 1360. The lowest BCUT2D eigenvalue weighted by molar-refractivity contribution is -0.161. The highest BCUT2D eigenvalue weighted by Gasteiger charge is 2.28. The Morgan fingerprint density at radius 3 is 0.885 bits per heavy atom. The summed E-state index contributed by atoms with van der Waals surface area (Å²) in [7, 11) is -4.74. The molecule has 0 spiro atoms. The van der Waals surface area contributed by atoms with Crippen molar-refractivity contribution < 1.29 is 52.2 Å². The first-order valence-corrected chi connectivity index (χ1v) is 35.1. The van der Waals surface area contributed by atoms with E-state index in [2.05, 4.69) is 32.9 Å². The molecule has 0 aromatic heterocycles. The molecule has 78 heavy (non-hydrogen) atoms. The number of phosphoric ester groups is 1. The smallest absolute Gasteiger partial charge is 0.462 e. The van der Waals surface area contributed by atoms with E-state index in [-0.39, 0.29) is 25.9 Å². The van der Waals surface area contributed by atoms with Gasteiger partial charge in [0, 0.05) is 19.3 Å². The predicted octanol–water partition coefficient (Wildman–Crippen LogP) is 20.4. The lowest BCUT2D eigenvalue weighted by atomic mass is 10.0. The Morgan fingerprint density at radius 1 is 0.346 bits per heavy atom. The van der Waals surface area contributed by atoms with Gasteiger partial charge in [-0.1, -0.05) is 303 Å². The van der Waals surface area contributed by atoms with Crippen molar-refractivity contribution in [3.05, 3.63) is 12.2 Å². The second-order valence-electron chi connectivity index (χ2n) is 23.0. The highest BCUT2D eigenvalue weighted by atomic mass is 31.2. The largest absolute Gasteiger partial charge is 0.472 e. The minimum Gasteiger partial charge on any atom is -0.462 e. The van der Waals surface area contributed by atoms with Gasteiger partial charge in [-0.05, 0) is 44.9 Å². The van der Waals surface area contributed by atoms with E-state index in [1.54, 1.807) is 0 Å². The summed E-state index contributed by atoms with van der Waals surface area (Å²) in [5.74, 6) is -1.43. The van der Waals surface area contributed by atoms with Gasteiger partial charge in [0.15, 0.2) is 6.10 Å². The maximum atomic E-state index is 13.0. The quantitative estimate of drug-likeness (QED) is 0.0197. The molecule has 11 nitrogen and oxygen atoms in total. The number of aliphatic hydroxyl groups is 1. The van der Waals surface area contributed by atoms with Gasteiger partial charge in [0.2, 0.25) is 0 Å². The van der Waals surface area contributed by atoms with E-state index in [1.165, 1.54) is 238 Å². The fourth-order valence-corrected chi connectivity index (χ4v) is 10.8. The molecule has 0 aliphatic carbocycles. The number of esters is 3. The highest BCUT2D eigenvalue weighted by Crippen LogP contribution is 2.43. The number of carbonyl (C=O) groups is 3. The van der Waals surface area contributed by atoms with Crippen LogP contribution in [0.1, 0.15) is 355 Å². The zero-order valence-corrected chi connectivity index (χ0v) is 52.3. The van der Waals surface area contributed by atoms with Crippen LogP contribution in [0.4, 0.5) is 0 Å². The van der Waals surface area contributed by atoms with Gasteiger partial charge in [0.05, 0.1) is 19.8 Å². The summed E-state index contributed by atoms with van der Waals surface area (Å²) >= 11 is 0. The SMILES string of the molecule is CCCCCCCC/C=C\CCCCCCCCCCCC(=O)OCC(COP(=O)(O)OCC(CO)OC(=O)CCCCCCCCCCCCCCCCC)OC(=O)CCCCCCCCCCCCCCCCCCC. The first-order chi connectivity index (χ1) is 38.2. The van der Waals surface area contributed by atoms with Crippen molar-refractivity contribution >= 4 is 25.7 Å². The Labute approximate surface area is 481 Å². The summed E-state index contributed by atoms with van der Waals surface area (Å²) in [4.78, 5) is 48.8. The number of hydrogen-bond acceptors (Lipinski definition) is 10. The van der Waals surface area contributed by atoms with Crippen LogP contribution >= 0.6 is 7.82 Å². The third-order valence-electron chi connectivity index (χ3n) is 15.2. The van der Waals surface area contributed by atoms with Crippen molar-refractivity contribution in [3.8, 4) is 0 Å². The van der Waals surface area contributed by atoms with Crippen LogP contribution in [0.3, 0.4) is 0 Å². The van der Waals surface area contributed by atoms with Crippen LogP contribution in [-0.4, -0.2) is 66.5 Å². The minimum absolute atomic E-state index is 0.177. The summed E-state index contributed by atoms with van der Waals surface area (Å²) in [6, 6.07) is 0. The molecule has 3 atom stereocenters. The van der Waals surface area contributed by atoms with Gasteiger partial charge in [-0.15, -0.1) is 0 Å². The van der Waals surface area contributed by atoms with Gasteiger partial charge in [0.1, 0.15) is 12.7 Å². The van der Waals surface area contributed by atoms with Crippen molar-refractivity contribution in [2.45, 2.75) is 367 Å². The molecule has 2 N–H and O–H groups in total. The van der Waals surface area contributed by atoms with E-state index in [9.17, 15) is 28.9 Å². The van der Waals surface area contributed by atoms with Gasteiger partial charge in [-0.2, -0.15) is 0 Å². The predicted molar refractivity (Wildman–Crippen MR) is 326 cm³/mol. The molecular weight excluding hydrogens is 1000 g/mol. The molecule has 0 saturated carbocycles. The van der Waals surface area contributed by atoms with Crippen LogP contribution < -0.4 is 0 Å². The maximum absolute atomic E-state index is 13.0. The summed E-state index contributed by atoms with van der Waals surface area (Å²) in [6.45, 7) is 4.74. The van der Waals surface area contributed by atoms with Gasteiger partial charge in [-0.25, -0.2) is 4.57 Å². The van der Waals surface area contributed by atoms with Crippen LogP contribution in [0.15, 0.2) is 12.2 Å². The van der Waals surface area contributed by atoms with Crippen molar-refractivity contribution in [2.75, 3.05) is 26.4 Å². The maximum Gasteiger partial charge on any atom is 0.472 e. The van der Waals surface area contributed by atoms with Gasteiger partial charge in [-0.3, -0.25) is 23.4 Å². The molecule has 462 valence electrons. The third kappa shape index (κ3) is 58.9. The number of allylic oxidation sites excluding steroid dienone is 2. The second-order valence-corrected chi connectivity index (χ2v) is 24.5. The average molecular weight is 1130 g/mol. The van der Waals surface area contributed by atoms with Crippen molar-refractivity contribution in [1.82, 2.24) is 0 Å². The van der Waals surface area contributed by atoms with Crippen LogP contribution in [-0.2, 0) is 42.2 Å². The standard InChI is InChI=1S/C66H127O11P/c1-4-7-10-13-16-19-22-25-28-30-31-33-35-37-40-43-46-49-52-55-64(68)73-59-63(77-66(70)57-54-51-48-45-42-39-36-32-29-26-23-20-17-14-11-8-5-2)61-75-78(71,72)74-60-62(58-67)76-65(69)56-53-50-47-44-41-38-34-27-24-21-18-15-12-9-6-3/h25,28,62-63,67H,4-24,26-27,29-61H2,1-3H3,(H,71,72)/b28-25-. The Hall–Kier alpha value is -1.78. The highest BCUT2D eigenvalue weighted by molar-refractivity contribution is 7.47. The van der Waals surface area contributed by atoms with Crippen molar-refractivity contribution in [2.24, 2.45) is 0 Å². The number of ether oxygens (including phenoxy) is 3. The molecule has 0 fully saturated rings. The van der Waals surface area contributed by atoms with Gasteiger partial charge < -0.3 is 24.2 Å². The molecular formula is C66H127O11P. The van der Waals surface area contributed by atoms with Gasteiger partial charge >= 0.3 is 25.7 Å². The number of carbonyl (C=O) groups excluding carboxylic acids is 3. The molecule has 0 aromatic carbocycles. The molecule has 0 aliphatic heterocycles. The second kappa shape index (κ2) is 61.3. The van der Waals surface area contributed by atoms with E-state index in [0.29, 0.717) is 19.3 Å². The molecule has 12 heteroatoms. The first-order valence-electron chi connectivity index (χ1n) is 33.6. The summed E-state index contributed by atoms with van der Waals surface area (Å²) in [5, 5.41) is 9.85. The monoisotopic (exact) mass is 1130 g/mol. The minimum atomic E-state index is -4.74. The van der Waals surface area contributed by atoms with E-state index >= 15 is 0 Å². The lowest BCUT2D eigenvalue weighted by Crippen LogP contribution is -2.30. The summed E-state index contributed by atoms with van der Waals surface area (Å²) in [5.41, 5.74) is 0. The number of aliphatic hydroxyl groups excluding tert-OH is 1. The average Bonchev–Trinajstić information content (AvgIpc) is 3.43. The number of rotatable bonds is 64. The van der Waals surface area contributed by atoms with Crippen LogP contribution in [0.25, 0.3) is 0 Å². The Morgan fingerprint density at radius 2 is 0.590 bits per heavy atom. The topological polar surface area (TPSA) is 155 Å². The third-order valence-corrected chi connectivity index (χ3v) is 16.1. The van der Waals surface area contributed by atoms with Crippen LogP contribution in [0, 0.1) is 0 Å².